The molecule has 1 aromatic heterocycles. The number of benzene rings is 1. The summed E-state index contributed by atoms with van der Waals surface area (Å²) >= 11 is 3.22. The number of aromatic nitrogens is 1. The van der Waals surface area contributed by atoms with Gasteiger partial charge in [0.1, 0.15) is 5.82 Å². The van der Waals surface area contributed by atoms with Crippen LogP contribution in [0.3, 0.4) is 0 Å². The predicted octanol–water partition coefficient (Wildman–Crippen LogP) is 3.22. The van der Waals surface area contributed by atoms with Crippen LogP contribution in [0.5, 0.6) is 0 Å². The van der Waals surface area contributed by atoms with Gasteiger partial charge < -0.3 is 0 Å². The van der Waals surface area contributed by atoms with Crippen molar-refractivity contribution in [2.45, 2.75) is 24.8 Å². The lowest BCUT2D eigenvalue weighted by atomic mass is 9.91. The highest BCUT2D eigenvalue weighted by atomic mass is 79.9. The lowest BCUT2D eigenvalue weighted by Gasteiger charge is -2.24. The summed E-state index contributed by atoms with van der Waals surface area (Å²) in [6.07, 6.45) is 3.66. The van der Waals surface area contributed by atoms with Crippen molar-refractivity contribution in [3.63, 3.8) is 0 Å². The predicted molar refractivity (Wildman–Crippen MR) is 79.5 cm³/mol. The number of nitrogens with zero attached hydrogens (tertiary/aromatic N) is 1. The van der Waals surface area contributed by atoms with Crippen LogP contribution < -0.4 is 11.3 Å². The average molecular weight is 336 g/mol. The Kier molecular flexibility index (Phi) is 3.83. The van der Waals surface area contributed by atoms with Crippen molar-refractivity contribution in [2.24, 2.45) is 5.84 Å². The van der Waals surface area contributed by atoms with E-state index in [4.69, 9.17) is 5.84 Å². The van der Waals surface area contributed by atoms with E-state index in [0.717, 1.165) is 18.5 Å². The molecule has 1 aliphatic rings. The van der Waals surface area contributed by atoms with Crippen LogP contribution in [0, 0.1) is 5.82 Å². The average Bonchev–Trinajstić information content (AvgIpc) is 2.88. The SMILES string of the molecule is NNC(c1cccc(Br)c1F)C1CCc2cccnc21. The first kappa shape index (κ1) is 13.7. The van der Waals surface area contributed by atoms with E-state index in [1.807, 2.05) is 12.1 Å². The van der Waals surface area contributed by atoms with Gasteiger partial charge in [0, 0.05) is 23.4 Å². The Labute approximate surface area is 125 Å². The lowest BCUT2D eigenvalue weighted by molar-refractivity contribution is 0.428. The number of fused-ring (bicyclic) bond motifs is 1. The molecule has 104 valence electrons. The molecule has 1 aromatic carbocycles. The van der Waals surface area contributed by atoms with Gasteiger partial charge in [0.15, 0.2) is 0 Å². The van der Waals surface area contributed by atoms with Gasteiger partial charge in [0.25, 0.3) is 0 Å². The Balaban J connectivity index is 2.02. The third-order valence-electron chi connectivity index (χ3n) is 3.90. The van der Waals surface area contributed by atoms with Crippen LogP contribution in [-0.2, 0) is 6.42 Å². The molecule has 3 nitrogen and oxygen atoms in total. The molecule has 1 aliphatic carbocycles. The molecular formula is C15H15BrFN3. The largest absolute Gasteiger partial charge is 0.271 e. The maximum Gasteiger partial charge on any atom is 0.142 e. The van der Waals surface area contributed by atoms with Crippen molar-refractivity contribution >= 4 is 15.9 Å². The van der Waals surface area contributed by atoms with E-state index in [1.54, 1.807) is 18.3 Å². The molecular weight excluding hydrogens is 321 g/mol. The molecule has 3 rings (SSSR count). The van der Waals surface area contributed by atoms with E-state index < -0.39 is 0 Å². The number of nitrogens with one attached hydrogen (secondary N) is 1. The summed E-state index contributed by atoms with van der Waals surface area (Å²) in [5, 5.41) is 0. The van der Waals surface area contributed by atoms with Crippen LogP contribution in [0.15, 0.2) is 41.0 Å². The summed E-state index contributed by atoms with van der Waals surface area (Å²) in [6.45, 7) is 0. The first-order chi connectivity index (χ1) is 9.72. The number of hydrazine groups is 1. The zero-order valence-electron chi connectivity index (χ0n) is 10.8. The van der Waals surface area contributed by atoms with Gasteiger partial charge in [-0.1, -0.05) is 18.2 Å². The van der Waals surface area contributed by atoms with E-state index in [9.17, 15) is 4.39 Å². The van der Waals surface area contributed by atoms with E-state index in [0.29, 0.717) is 10.0 Å². The Morgan fingerprint density at radius 2 is 2.20 bits per heavy atom. The molecule has 0 saturated carbocycles. The molecule has 2 aromatic rings. The molecule has 0 aliphatic heterocycles. The quantitative estimate of drug-likeness (QED) is 0.668. The number of nitrogens with two attached hydrogens (primary N) is 1. The molecule has 0 radical (unpaired) electrons. The standard InChI is InChI=1S/C15H15BrFN3/c16-12-5-1-4-10(13(12)17)15(20-18)11-7-6-9-3-2-8-19-14(9)11/h1-5,8,11,15,20H,6-7,18H2. The summed E-state index contributed by atoms with van der Waals surface area (Å²) in [7, 11) is 0. The van der Waals surface area contributed by atoms with Gasteiger partial charge in [-0.05, 0) is 46.5 Å². The molecule has 0 bridgehead atoms. The number of rotatable bonds is 3. The van der Waals surface area contributed by atoms with Crippen LogP contribution in [-0.4, -0.2) is 4.98 Å². The summed E-state index contributed by atoms with van der Waals surface area (Å²) < 4.78 is 14.8. The Hall–Kier alpha value is -1.30. The van der Waals surface area contributed by atoms with Gasteiger partial charge in [-0.25, -0.2) is 4.39 Å². The molecule has 0 amide bonds. The van der Waals surface area contributed by atoms with E-state index >= 15 is 0 Å². The number of hydrogen-bond acceptors (Lipinski definition) is 3. The number of hydrogen-bond donors (Lipinski definition) is 2. The minimum absolute atomic E-state index is 0.0972. The Bertz CT molecular complexity index is 632. The van der Waals surface area contributed by atoms with Gasteiger partial charge in [0.05, 0.1) is 10.5 Å². The molecule has 5 heteroatoms. The third kappa shape index (κ3) is 2.26. The highest BCUT2D eigenvalue weighted by molar-refractivity contribution is 9.10. The summed E-state index contributed by atoms with van der Waals surface area (Å²) in [6, 6.07) is 9.02. The highest BCUT2D eigenvalue weighted by Crippen LogP contribution is 2.41. The zero-order valence-corrected chi connectivity index (χ0v) is 12.4. The molecule has 1 heterocycles. The maximum absolute atomic E-state index is 14.3. The van der Waals surface area contributed by atoms with Gasteiger partial charge >= 0.3 is 0 Å². The first-order valence-corrected chi connectivity index (χ1v) is 7.35. The normalized spacial score (nSPS) is 18.9. The van der Waals surface area contributed by atoms with Crippen molar-refractivity contribution in [2.75, 3.05) is 0 Å². The van der Waals surface area contributed by atoms with Crippen molar-refractivity contribution in [3.05, 3.63) is 63.6 Å². The van der Waals surface area contributed by atoms with E-state index in [2.05, 4.69) is 32.4 Å². The van der Waals surface area contributed by atoms with Crippen molar-refractivity contribution in [3.8, 4) is 0 Å². The molecule has 0 fully saturated rings. The second kappa shape index (κ2) is 5.60. The first-order valence-electron chi connectivity index (χ1n) is 6.56. The Morgan fingerprint density at radius 1 is 1.35 bits per heavy atom. The van der Waals surface area contributed by atoms with Crippen molar-refractivity contribution in [1.82, 2.24) is 10.4 Å². The van der Waals surface area contributed by atoms with Crippen LogP contribution in [0.25, 0.3) is 0 Å². The smallest absolute Gasteiger partial charge is 0.142 e. The van der Waals surface area contributed by atoms with Gasteiger partial charge in [-0.3, -0.25) is 16.3 Å². The van der Waals surface area contributed by atoms with Crippen molar-refractivity contribution < 1.29 is 4.39 Å². The molecule has 2 unspecified atom stereocenters. The topological polar surface area (TPSA) is 50.9 Å². The maximum atomic E-state index is 14.3. The minimum atomic E-state index is -0.274. The molecule has 2 atom stereocenters. The second-order valence-electron chi connectivity index (χ2n) is 4.98. The second-order valence-corrected chi connectivity index (χ2v) is 5.83. The summed E-state index contributed by atoms with van der Waals surface area (Å²) in [5.74, 6) is 5.53. The minimum Gasteiger partial charge on any atom is -0.271 e. The fourth-order valence-electron chi connectivity index (χ4n) is 2.95. The van der Waals surface area contributed by atoms with Gasteiger partial charge in [0.2, 0.25) is 0 Å². The number of halogens is 2. The zero-order chi connectivity index (χ0) is 14.1. The van der Waals surface area contributed by atoms with Crippen LogP contribution >= 0.6 is 15.9 Å². The van der Waals surface area contributed by atoms with E-state index in [1.165, 1.54) is 5.56 Å². The molecule has 0 spiro atoms. The van der Waals surface area contributed by atoms with E-state index in [-0.39, 0.29) is 17.8 Å². The van der Waals surface area contributed by atoms with Crippen LogP contribution in [0.2, 0.25) is 0 Å². The molecule has 0 saturated heterocycles. The monoisotopic (exact) mass is 335 g/mol. The van der Waals surface area contributed by atoms with Crippen LogP contribution in [0.1, 0.15) is 35.2 Å². The summed E-state index contributed by atoms with van der Waals surface area (Å²) in [5.41, 5.74) is 5.60. The Morgan fingerprint density at radius 3 is 3.00 bits per heavy atom. The van der Waals surface area contributed by atoms with Gasteiger partial charge in [-0.2, -0.15) is 0 Å². The fraction of sp³-hybridized carbons (Fsp3) is 0.267. The highest BCUT2D eigenvalue weighted by Gasteiger charge is 2.33. The molecule has 3 N–H and O–H groups in total. The third-order valence-corrected chi connectivity index (χ3v) is 4.51. The van der Waals surface area contributed by atoms with Gasteiger partial charge in [-0.15, -0.1) is 0 Å². The fourth-order valence-corrected chi connectivity index (χ4v) is 3.33. The van der Waals surface area contributed by atoms with Crippen molar-refractivity contribution in [1.29, 1.82) is 0 Å². The summed E-state index contributed by atoms with van der Waals surface area (Å²) in [4.78, 5) is 4.46. The number of pyridine rings is 1. The lowest BCUT2D eigenvalue weighted by Crippen LogP contribution is -2.33. The molecule has 20 heavy (non-hydrogen) atoms. The van der Waals surface area contributed by atoms with Crippen LogP contribution in [0.4, 0.5) is 4.39 Å². The number of aryl methyl sites for hydroxylation is 1.